The highest BCUT2D eigenvalue weighted by Crippen LogP contribution is 2.17. The van der Waals surface area contributed by atoms with Crippen LogP contribution in [0.1, 0.15) is 28.5 Å². The predicted octanol–water partition coefficient (Wildman–Crippen LogP) is 0.926. The van der Waals surface area contributed by atoms with Crippen LogP contribution >= 0.6 is 0 Å². The molecule has 120 valence electrons. The summed E-state index contributed by atoms with van der Waals surface area (Å²) in [7, 11) is 3.27. The first-order valence-electron chi connectivity index (χ1n) is 7.36. The fourth-order valence-corrected chi connectivity index (χ4v) is 2.96. The molecular formula is C16H18N4O3. The second-order valence-electron chi connectivity index (χ2n) is 5.59. The first-order valence-corrected chi connectivity index (χ1v) is 7.36. The molecule has 0 fully saturated rings. The zero-order valence-corrected chi connectivity index (χ0v) is 13.5. The van der Waals surface area contributed by atoms with Gasteiger partial charge in [-0.15, -0.1) is 0 Å². The van der Waals surface area contributed by atoms with Gasteiger partial charge in [-0.05, 0) is 32.0 Å². The van der Waals surface area contributed by atoms with Gasteiger partial charge >= 0.3 is 5.69 Å². The molecule has 1 aromatic carbocycles. The van der Waals surface area contributed by atoms with Gasteiger partial charge in [-0.3, -0.25) is 28.5 Å². The lowest BCUT2D eigenvalue weighted by molar-refractivity contribution is 0.103. The third-order valence-corrected chi connectivity index (χ3v) is 4.18. The molecule has 0 radical (unpaired) electrons. The van der Waals surface area contributed by atoms with Gasteiger partial charge < -0.3 is 0 Å². The van der Waals surface area contributed by atoms with Crippen molar-refractivity contribution in [1.82, 2.24) is 18.9 Å². The van der Waals surface area contributed by atoms with Crippen molar-refractivity contribution in [2.45, 2.75) is 20.4 Å². The Labute approximate surface area is 131 Å². The van der Waals surface area contributed by atoms with E-state index in [9.17, 15) is 14.4 Å². The first-order chi connectivity index (χ1) is 10.9. The third-order valence-electron chi connectivity index (χ3n) is 4.18. The minimum atomic E-state index is -0.353. The number of benzene rings is 1. The van der Waals surface area contributed by atoms with Crippen LogP contribution in [0.2, 0.25) is 0 Å². The summed E-state index contributed by atoms with van der Waals surface area (Å²) in [5, 5.41) is 2.82. The van der Waals surface area contributed by atoms with Crippen LogP contribution in [0.3, 0.4) is 0 Å². The van der Waals surface area contributed by atoms with E-state index in [1.54, 1.807) is 48.4 Å². The van der Waals surface area contributed by atoms with Crippen molar-refractivity contribution in [2.75, 3.05) is 0 Å². The number of rotatable bonds is 3. The number of aromatic amines is 1. The second kappa shape index (κ2) is 5.12. The van der Waals surface area contributed by atoms with Crippen LogP contribution in [0.5, 0.6) is 0 Å². The predicted molar refractivity (Wildman–Crippen MR) is 87.1 cm³/mol. The van der Waals surface area contributed by atoms with Gasteiger partial charge in [0.15, 0.2) is 0 Å². The highest BCUT2D eigenvalue weighted by molar-refractivity contribution is 6.10. The molecule has 3 aromatic rings. The van der Waals surface area contributed by atoms with Gasteiger partial charge in [0.05, 0.1) is 11.0 Å². The van der Waals surface area contributed by atoms with Crippen molar-refractivity contribution in [1.29, 1.82) is 0 Å². The number of ketones is 1. The molecular weight excluding hydrogens is 296 g/mol. The number of aryl methyl sites for hydroxylation is 4. The molecule has 0 aliphatic rings. The molecule has 0 unspecified atom stereocenters. The maximum Gasteiger partial charge on any atom is 0.328 e. The van der Waals surface area contributed by atoms with Crippen molar-refractivity contribution >= 4 is 16.8 Å². The highest BCUT2D eigenvalue weighted by atomic mass is 16.2. The monoisotopic (exact) mass is 314 g/mol. The Hall–Kier alpha value is -2.83. The van der Waals surface area contributed by atoms with Gasteiger partial charge in [-0.2, -0.15) is 0 Å². The average molecular weight is 314 g/mol. The molecule has 2 heterocycles. The van der Waals surface area contributed by atoms with Crippen LogP contribution in [0.4, 0.5) is 0 Å². The minimum absolute atomic E-state index is 0.124. The number of hydrogen-bond acceptors (Lipinski definition) is 3. The maximum atomic E-state index is 12.7. The minimum Gasteiger partial charge on any atom is -0.299 e. The van der Waals surface area contributed by atoms with Crippen molar-refractivity contribution in [3.63, 3.8) is 0 Å². The summed E-state index contributed by atoms with van der Waals surface area (Å²) in [6.07, 6.45) is 0. The Bertz CT molecular complexity index is 1050. The Morgan fingerprint density at radius 2 is 1.87 bits per heavy atom. The molecule has 0 atom stereocenters. The summed E-state index contributed by atoms with van der Waals surface area (Å²) in [5.41, 5.74) is 2.03. The number of carbonyl (C=O) groups excluding carboxylic acids is 1. The Kier molecular flexibility index (Phi) is 3.35. The summed E-state index contributed by atoms with van der Waals surface area (Å²) < 4.78 is 4.44. The lowest BCUT2D eigenvalue weighted by Gasteiger charge is -2.02. The van der Waals surface area contributed by atoms with E-state index >= 15 is 0 Å². The van der Waals surface area contributed by atoms with E-state index in [1.807, 2.05) is 6.92 Å². The molecule has 7 nitrogen and oxygen atoms in total. The molecule has 0 saturated heterocycles. The molecule has 0 amide bonds. The first kappa shape index (κ1) is 15.1. The fraction of sp³-hybridized carbons (Fsp3) is 0.312. The molecule has 3 rings (SSSR count). The van der Waals surface area contributed by atoms with Crippen molar-refractivity contribution in [3.05, 3.63) is 55.9 Å². The molecule has 0 aliphatic carbocycles. The second-order valence-corrected chi connectivity index (χ2v) is 5.59. The van der Waals surface area contributed by atoms with Crippen molar-refractivity contribution in [2.24, 2.45) is 14.1 Å². The molecule has 0 aliphatic heterocycles. The molecule has 0 spiro atoms. The Morgan fingerprint density at radius 3 is 2.43 bits per heavy atom. The molecule has 7 heteroatoms. The van der Waals surface area contributed by atoms with Gasteiger partial charge in [-0.1, -0.05) is 0 Å². The summed E-state index contributed by atoms with van der Waals surface area (Å²) in [5.74, 6) is -0.342. The summed E-state index contributed by atoms with van der Waals surface area (Å²) >= 11 is 0. The summed E-state index contributed by atoms with van der Waals surface area (Å²) in [4.78, 5) is 37.0. The Morgan fingerprint density at radius 1 is 1.17 bits per heavy atom. The lowest BCUT2D eigenvalue weighted by Crippen LogP contribution is -2.21. The number of hydrogen-bond donors (Lipinski definition) is 1. The van der Waals surface area contributed by atoms with Gasteiger partial charge in [0.1, 0.15) is 5.56 Å². The van der Waals surface area contributed by atoms with Crippen molar-refractivity contribution < 1.29 is 4.79 Å². The van der Waals surface area contributed by atoms with E-state index in [-0.39, 0.29) is 22.6 Å². The van der Waals surface area contributed by atoms with Crippen LogP contribution in [0, 0.1) is 6.92 Å². The normalized spacial score (nSPS) is 11.3. The van der Waals surface area contributed by atoms with Crippen LogP contribution < -0.4 is 11.2 Å². The maximum absolute atomic E-state index is 12.7. The average Bonchev–Trinajstić information content (AvgIpc) is 2.92. The van der Waals surface area contributed by atoms with Crippen LogP contribution in [0.25, 0.3) is 11.0 Å². The van der Waals surface area contributed by atoms with Crippen LogP contribution in [-0.4, -0.2) is 24.7 Å². The zero-order valence-electron chi connectivity index (χ0n) is 13.5. The van der Waals surface area contributed by atoms with Gasteiger partial charge in [0.25, 0.3) is 5.56 Å². The lowest BCUT2D eigenvalue weighted by atomic mass is 10.0. The van der Waals surface area contributed by atoms with Crippen molar-refractivity contribution in [3.8, 4) is 0 Å². The number of imidazole rings is 1. The van der Waals surface area contributed by atoms with E-state index < -0.39 is 0 Å². The third kappa shape index (κ3) is 2.08. The zero-order chi connectivity index (χ0) is 16.9. The number of nitrogens with one attached hydrogen (secondary N) is 1. The number of H-pyrrole nitrogens is 1. The fourth-order valence-electron chi connectivity index (χ4n) is 2.96. The number of carbonyl (C=O) groups is 1. The molecule has 2 aromatic heterocycles. The van der Waals surface area contributed by atoms with E-state index in [0.29, 0.717) is 23.3 Å². The highest BCUT2D eigenvalue weighted by Gasteiger charge is 2.20. The molecule has 23 heavy (non-hydrogen) atoms. The van der Waals surface area contributed by atoms with E-state index in [1.165, 1.54) is 4.68 Å². The number of aromatic nitrogens is 4. The van der Waals surface area contributed by atoms with Gasteiger partial charge in [-0.25, -0.2) is 4.79 Å². The topological polar surface area (TPSA) is 81.8 Å². The SMILES string of the molecule is CCn1c(=O)n(C)c2ccc(C(=O)c3c(C)[nH]n(C)c3=O)cc21. The van der Waals surface area contributed by atoms with Crippen LogP contribution in [0.15, 0.2) is 27.8 Å². The molecule has 0 saturated carbocycles. The standard InChI is InChI=1S/C16H18N4O3/c1-5-20-12-8-10(6-7-11(12)18(3)16(20)23)14(21)13-9(2)17-19(4)15(13)22/h6-8,17H,5H2,1-4H3. The summed E-state index contributed by atoms with van der Waals surface area (Å²) in [6.45, 7) is 4.08. The quantitative estimate of drug-likeness (QED) is 0.730. The molecule has 0 bridgehead atoms. The largest absolute Gasteiger partial charge is 0.328 e. The summed E-state index contributed by atoms with van der Waals surface area (Å²) in [6, 6.07) is 5.06. The van der Waals surface area contributed by atoms with Crippen LogP contribution in [-0.2, 0) is 20.6 Å². The molecule has 1 N–H and O–H groups in total. The Balaban J connectivity index is 2.23. The van der Waals surface area contributed by atoms with E-state index in [0.717, 1.165) is 5.52 Å². The number of nitrogens with zero attached hydrogens (tertiary/aromatic N) is 3. The smallest absolute Gasteiger partial charge is 0.299 e. The van der Waals surface area contributed by atoms with E-state index in [4.69, 9.17) is 0 Å². The van der Waals surface area contributed by atoms with Gasteiger partial charge in [0, 0.05) is 31.9 Å². The van der Waals surface area contributed by atoms with Gasteiger partial charge in [0.2, 0.25) is 5.78 Å². The van der Waals surface area contributed by atoms with E-state index in [2.05, 4.69) is 5.10 Å². The number of fused-ring (bicyclic) bond motifs is 1.